The van der Waals surface area contributed by atoms with Crippen LogP contribution in [0.2, 0.25) is 0 Å². The quantitative estimate of drug-likeness (QED) is 0.744. The van der Waals surface area contributed by atoms with Crippen LogP contribution in [0.4, 0.5) is 0 Å². The van der Waals surface area contributed by atoms with Crippen molar-refractivity contribution in [3.63, 3.8) is 0 Å². The second-order valence-electron chi connectivity index (χ2n) is 6.04. The topological polar surface area (TPSA) is 103 Å². The highest BCUT2D eigenvalue weighted by atomic mass is 16.4. The minimum Gasteiger partial charge on any atom is -0.480 e. The normalized spacial score (nSPS) is 16.7. The van der Waals surface area contributed by atoms with E-state index in [-0.39, 0.29) is 6.54 Å². The number of para-hydroxylation sites is 1. The fourth-order valence-corrected chi connectivity index (χ4v) is 3.36. The Morgan fingerprint density at radius 2 is 1.80 bits per heavy atom. The third-order valence-corrected chi connectivity index (χ3v) is 4.52. The molecule has 2 aromatic rings. The highest BCUT2D eigenvalue weighted by molar-refractivity contribution is 5.90. The fraction of sp³-hybridized carbons (Fsp3) is 0.353. The first-order valence-corrected chi connectivity index (χ1v) is 7.97. The van der Waals surface area contributed by atoms with Gasteiger partial charge in [-0.25, -0.2) is 0 Å². The summed E-state index contributed by atoms with van der Waals surface area (Å²) in [6.07, 6.45) is 2.38. The lowest BCUT2D eigenvalue weighted by Crippen LogP contribution is -2.48. The Morgan fingerprint density at radius 3 is 2.40 bits per heavy atom. The number of aliphatic carboxylic acids is 2. The summed E-state index contributed by atoms with van der Waals surface area (Å²) in [6, 6.07) is 6.31. The predicted octanol–water partition coefficient (Wildman–Crippen LogP) is 0.626. The van der Waals surface area contributed by atoms with Crippen molar-refractivity contribution < 1.29 is 24.6 Å². The summed E-state index contributed by atoms with van der Waals surface area (Å²) >= 11 is 0. The van der Waals surface area contributed by atoms with E-state index in [1.165, 1.54) is 0 Å². The monoisotopic (exact) mass is 345 g/mol. The SMILES string of the molecule is O=CN1CCN([C@H](C(=O)O)c2cn(CC(=O)O)c3ccccc23)CC1. The lowest BCUT2D eigenvalue weighted by molar-refractivity contribution is -0.144. The number of aromatic nitrogens is 1. The zero-order chi connectivity index (χ0) is 18.0. The van der Waals surface area contributed by atoms with Crippen molar-refractivity contribution >= 4 is 29.3 Å². The van der Waals surface area contributed by atoms with Crippen LogP contribution in [-0.4, -0.2) is 69.1 Å². The number of carbonyl (C=O) groups is 3. The number of benzene rings is 1. The van der Waals surface area contributed by atoms with Crippen molar-refractivity contribution in [2.75, 3.05) is 26.2 Å². The van der Waals surface area contributed by atoms with Gasteiger partial charge >= 0.3 is 11.9 Å². The largest absolute Gasteiger partial charge is 0.480 e. The van der Waals surface area contributed by atoms with E-state index in [9.17, 15) is 19.5 Å². The molecule has 8 nitrogen and oxygen atoms in total. The van der Waals surface area contributed by atoms with Crippen molar-refractivity contribution in [2.24, 2.45) is 0 Å². The van der Waals surface area contributed by atoms with Gasteiger partial charge in [-0.3, -0.25) is 19.3 Å². The van der Waals surface area contributed by atoms with Crippen molar-refractivity contribution in [2.45, 2.75) is 12.6 Å². The average molecular weight is 345 g/mol. The van der Waals surface area contributed by atoms with Gasteiger partial charge in [-0.1, -0.05) is 18.2 Å². The Kier molecular flexibility index (Phi) is 4.71. The Hall–Kier alpha value is -2.87. The molecule has 132 valence electrons. The van der Waals surface area contributed by atoms with Crippen molar-refractivity contribution in [3.05, 3.63) is 36.0 Å². The first-order valence-electron chi connectivity index (χ1n) is 7.97. The second kappa shape index (κ2) is 6.94. The van der Waals surface area contributed by atoms with Crippen LogP contribution in [0.1, 0.15) is 11.6 Å². The van der Waals surface area contributed by atoms with E-state index in [2.05, 4.69) is 0 Å². The van der Waals surface area contributed by atoms with Crippen LogP contribution in [0.25, 0.3) is 10.9 Å². The summed E-state index contributed by atoms with van der Waals surface area (Å²) in [7, 11) is 0. The summed E-state index contributed by atoms with van der Waals surface area (Å²) in [6.45, 7) is 1.62. The highest BCUT2D eigenvalue weighted by Gasteiger charge is 2.32. The van der Waals surface area contributed by atoms with Crippen LogP contribution in [0, 0.1) is 0 Å². The third kappa shape index (κ3) is 3.34. The summed E-state index contributed by atoms with van der Waals surface area (Å²) in [5.41, 5.74) is 1.27. The third-order valence-electron chi connectivity index (χ3n) is 4.52. The molecule has 3 rings (SSSR count). The molecule has 1 aliphatic heterocycles. The standard InChI is InChI=1S/C17H19N3O5/c21-11-18-5-7-19(8-6-18)16(17(24)25)13-9-20(10-15(22)23)14-4-2-1-3-12(13)14/h1-4,9,11,16H,5-8,10H2,(H,22,23)(H,24,25)/t16-/m0/s1. The molecule has 1 aromatic carbocycles. The molecule has 0 spiro atoms. The summed E-state index contributed by atoms with van der Waals surface area (Å²) in [4.78, 5) is 37.4. The molecule has 0 aliphatic carbocycles. The van der Waals surface area contributed by atoms with Gasteiger partial charge in [0.2, 0.25) is 6.41 Å². The van der Waals surface area contributed by atoms with Gasteiger partial charge in [0.1, 0.15) is 12.6 Å². The fourth-order valence-electron chi connectivity index (χ4n) is 3.36. The molecule has 25 heavy (non-hydrogen) atoms. The molecule has 2 N–H and O–H groups in total. The van der Waals surface area contributed by atoms with E-state index in [1.54, 1.807) is 39.9 Å². The lowest BCUT2D eigenvalue weighted by atomic mass is 10.0. The zero-order valence-corrected chi connectivity index (χ0v) is 13.5. The first-order chi connectivity index (χ1) is 12.0. The van der Waals surface area contributed by atoms with E-state index in [0.717, 1.165) is 11.8 Å². The number of fused-ring (bicyclic) bond motifs is 1. The maximum absolute atomic E-state index is 12.0. The highest BCUT2D eigenvalue weighted by Crippen LogP contribution is 2.31. The first kappa shape index (κ1) is 17.0. The van der Waals surface area contributed by atoms with Gasteiger partial charge in [0.25, 0.3) is 0 Å². The predicted molar refractivity (Wildman–Crippen MR) is 89.2 cm³/mol. The van der Waals surface area contributed by atoms with Gasteiger partial charge in [0.05, 0.1) is 0 Å². The molecular weight excluding hydrogens is 326 g/mol. The number of rotatable bonds is 6. The maximum atomic E-state index is 12.0. The molecule has 1 aromatic heterocycles. The summed E-state index contributed by atoms with van der Waals surface area (Å²) < 4.78 is 1.56. The van der Waals surface area contributed by atoms with Crippen LogP contribution < -0.4 is 0 Å². The number of carboxylic acids is 2. The van der Waals surface area contributed by atoms with Crippen LogP contribution >= 0.6 is 0 Å². The number of hydrogen-bond acceptors (Lipinski definition) is 4. The van der Waals surface area contributed by atoms with Gasteiger partial charge in [0.15, 0.2) is 0 Å². The number of carbonyl (C=O) groups excluding carboxylic acids is 1. The second-order valence-corrected chi connectivity index (χ2v) is 6.04. The van der Waals surface area contributed by atoms with E-state index >= 15 is 0 Å². The minimum atomic E-state index is -0.988. The molecule has 1 fully saturated rings. The van der Waals surface area contributed by atoms with Gasteiger partial charge in [0, 0.05) is 48.8 Å². The average Bonchev–Trinajstić information content (AvgIpc) is 2.93. The molecule has 1 aliphatic rings. The van der Waals surface area contributed by atoms with E-state index < -0.39 is 18.0 Å². The van der Waals surface area contributed by atoms with Crippen molar-refractivity contribution in [1.29, 1.82) is 0 Å². The van der Waals surface area contributed by atoms with Crippen LogP contribution in [0.15, 0.2) is 30.5 Å². The molecule has 0 bridgehead atoms. The molecule has 8 heteroatoms. The van der Waals surface area contributed by atoms with Gasteiger partial charge in [-0.05, 0) is 6.07 Å². The molecule has 0 saturated carbocycles. The Labute approximate surface area is 143 Å². The molecule has 1 amide bonds. The van der Waals surface area contributed by atoms with Crippen LogP contribution in [0.3, 0.4) is 0 Å². The number of hydrogen-bond donors (Lipinski definition) is 2. The summed E-state index contributed by atoms with van der Waals surface area (Å²) in [5, 5.41) is 19.6. The van der Waals surface area contributed by atoms with E-state index in [1.807, 2.05) is 4.90 Å². The molecule has 0 radical (unpaired) electrons. The number of amides is 1. The minimum absolute atomic E-state index is 0.230. The van der Waals surface area contributed by atoms with Crippen LogP contribution in [-0.2, 0) is 20.9 Å². The molecule has 0 unspecified atom stereocenters. The zero-order valence-electron chi connectivity index (χ0n) is 13.5. The Morgan fingerprint density at radius 1 is 1.12 bits per heavy atom. The Balaban J connectivity index is 2.01. The van der Waals surface area contributed by atoms with Gasteiger partial charge < -0.3 is 19.7 Å². The van der Waals surface area contributed by atoms with Gasteiger partial charge in [-0.15, -0.1) is 0 Å². The molecule has 2 heterocycles. The molecular formula is C17H19N3O5. The summed E-state index contributed by atoms with van der Waals surface area (Å²) in [5.74, 6) is -1.98. The number of nitrogens with zero attached hydrogens (tertiary/aromatic N) is 3. The number of carboxylic acid groups (broad SMARTS) is 2. The van der Waals surface area contributed by atoms with Crippen molar-refractivity contribution in [3.8, 4) is 0 Å². The smallest absolute Gasteiger partial charge is 0.325 e. The van der Waals surface area contributed by atoms with Crippen molar-refractivity contribution in [1.82, 2.24) is 14.4 Å². The lowest BCUT2D eigenvalue weighted by Gasteiger charge is -2.36. The molecule has 1 atom stereocenters. The van der Waals surface area contributed by atoms with Gasteiger partial charge in [-0.2, -0.15) is 0 Å². The van der Waals surface area contributed by atoms with E-state index in [4.69, 9.17) is 5.11 Å². The van der Waals surface area contributed by atoms with Crippen LogP contribution in [0.5, 0.6) is 0 Å². The number of piperazine rings is 1. The maximum Gasteiger partial charge on any atom is 0.325 e. The molecule has 1 saturated heterocycles. The Bertz CT molecular complexity index is 808. The van der Waals surface area contributed by atoms with E-state index in [0.29, 0.717) is 37.3 Å².